The highest BCUT2D eigenvalue weighted by Crippen LogP contribution is 2.45. The molecule has 0 radical (unpaired) electrons. The van der Waals surface area contributed by atoms with Crippen LogP contribution in [0, 0.1) is 0 Å². The lowest BCUT2D eigenvalue weighted by atomic mass is 10.0. The Morgan fingerprint density at radius 3 is 2.48 bits per heavy atom. The van der Waals surface area contributed by atoms with Gasteiger partial charge in [0.15, 0.2) is 17.5 Å². The van der Waals surface area contributed by atoms with Gasteiger partial charge in [-0.25, -0.2) is 18.9 Å². The number of aliphatic hydroxyl groups is 1. The van der Waals surface area contributed by atoms with Gasteiger partial charge in [0, 0.05) is 53.0 Å². The molecule has 31 heavy (non-hydrogen) atoms. The molecule has 164 valence electrons. The van der Waals surface area contributed by atoms with Gasteiger partial charge in [0.2, 0.25) is 0 Å². The van der Waals surface area contributed by atoms with Gasteiger partial charge in [0.1, 0.15) is 12.8 Å². The lowest BCUT2D eigenvalue weighted by Crippen LogP contribution is -2.31. The third-order valence-electron chi connectivity index (χ3n) is 5.05. The number of rotatable bonds is 6. The molecule has 3 heterocycles. The second-order valence-electron chi connectivity index (χ2n) is 7.13. The SMILES string of the molecule is COCN1c2cc(C(O)c3nccn3S(=O)(=O)N(C)C)ccc2N(C)c2nccnc21. The minimum atomic E-state index is -3.83. The van der Waals surface area contributed by atoms with Crippen molar-refractivity contribution in [3.8, 4) is 0 Å². The van der Waals surface area contributed by atoms with Crippen LogP contribution in [0.15, 0.2) is 43.0 Å². The first-order valence-corrected chi connectivity index (χ1v) is 10.8. The molecule has 0 amide bonds. The zero-order valence-electron chi connectivity index (χ0n) is 17.5. The van der Waals surface area contributed by atoms with Crippen LogP contribution in [0.2, 0.25) is 0 Å². The van der Waals surface area contributed by atoms with Gasteiger partial charge in [-0.1, -0.05) is 6.07 Å². The summed E-state index contributed by atoms with van der Waals surface area (Å²) < 4.78 is 32.6. The first-order valence-electron chi connectivity index (χ1n) is 9.37. The minimum Gasteiger partial charge on any atom is -0.380 e. The van der Waals surface area contributed by atoms with Crippen molar-refractivity contribution < 1.29 is 18.3 Å². The number of fused-ring (bicyclic) bond motifs is 2. The number of benzene rings is 1. The minimum absolute atomic E-state index is 0.00343. The molecule has 0 aliphatic carbocycles. The van der Waals surface area contributed by atoms with Gasteiger partial charge >= 0.3 is 10.2 Å². The molecule has 4 rings (SSSR count). The van der Waals surface area contributed by atoms with E-state index >= 15 is 0 Å². The van der Waals surface area contributed by atoms with Crippen LogP contribution < -0.4 is 9.80 Å². The summed E-state index contributed by atoms with van der Waals surface area (Å²) in [5.41, 5.74) is 2.05. The van der Waals surface area contributed by atoms with E-state index in [9.17, 15) is 13.5 Å². The number of aliphatic hydroxyl groups excluding tert-OH is 1. The van der Waals surface area contributed by atoms with E-state index in [1.165, 1.54) is 26.5 Å². The first kappa shape index (κ1) is 21.2. The summed E-state index contributed by atoms with van der Waals surface area (Å²) in [4.78, 5) is 16.7. The lowest BCUT2D eigenvalue weighted by Gasteiger charge is -2.36. The highest BCUT2D eigenvalue weighted by atomic mass is 32.2. The van der Waals surface area contributed by atoms with E-state index in [2.05, 4.69) is 15.0 Å². The number of nitrogens with zero attached hydrogens (tertiary/aromatic N) is 7. The van der Waals surface area contributed by atoms with E-state index in [0.717, 1.165) is 19.7 Å². The highest BCUT2D eigenvalue weighted by molar-refractivity contribution is 7.87. The molecule has 1 aliphatic rings. The number of aromatic nitrogens is 4. The second-order valence-corrected chi connectivity index (χ2v) is 9.15. The van der Waals surface area contributed by atoms with Crippen LogP contribution in [0.5, 0.6) is 0 Å². The van der Waals surface area contributed by atoms with Crippen LogP contribution in [0.3, 0.4) is 0 Å². The van der Waals surface area contributed by atoms with Crippen LogP contribution in [-0.2, 0) is 14.9 Å². The molecule has 0 saturated carbocycles. The number of imidazole rings is 1. The van der Waals surface area contributed by atoms with Crippen molar-refractivity contribution in [2.24, 2.45) is 0 Å². The van der Waals surface area contributed by atoms with E-state index in [-0.39, 0.29) is 12.6 Å². The quantitative estimate of drug-likeness (QED) is 0.598. The molecular formula is C19H23N7O4S. The van der Waals surface area contributed by atoms with E-state index < -0.39 is 16.3 Å². The van der Waals surface area contributed by atoms with Gasteiger partial charge < -0.3 is 14.7 Å². The van der Waals surface area contributed by atoms with Crippen molar-refractivity contribution >= 4 is 33.2 Å². The van der Waals surface area contributed by atoms with Gasteiger partial charge in [-0.15, -0.1) is 0 Å². The Hall–Kier alpha value is -3.06. The summed E-state index contributed by atoms with van der Waals surface area (Å²) in [6.07, 6.45) is 4.60. The third kappa shape index (κ3) is 3.43. The molecule has 0 spiro atoms. The molecule has 0 saturated heterocycles. The van der Waals surface area contributed by atoms with E-state index in [1.807, 2.05) is 22.9 Å². The van der Waals surface area contributed by atoms with Crippen LogP contribution in [0.25, 0.3) is 0 Å². The van der Waals surface area contributed by atoms with Crippen molar-refractivity contribution in [1.82, 2.24) is 23.2 Å². The summed E-state index contributed by atoms with van der Waals surface area (Å²) in [7, 11) is 2.46. The van der Waals surface area contributed by atoms with Crippen molar-refractivity contribution in [2.45, 2.75) is 6.10 Å². The normalized spacial score (nSPS) is 14.5. The standard InChI is InChI=1S/C19H23N7O4S/c1-23(2)31(28,29)26-10-9-22-17(26)16(27)13-5-6-14-15(11-13)25(12-30-4)19-18(24(14)3)20-7-8-21-19/h5-11,16,27H,12H2,1-4H3. The van der Waals surface area contributed by atoms with Crippen LogP contribution in [0.1, 0.15) is 17.5 Å². The fourth-order valence-electron chi connectivity index (χ4n) is 3.46. The molecule has 3 aromatic rings. The summed E-state index contributed by atoms with van der Waals surface area (Å²) in [6.45, 7) is 0.218. The van der Waals surface area contributed by atoms with Crippen molar-refractivity contribution in [3.05, 3.63) is 54.4 Å². The van der Waals surface area contributed by atoms with Crippen LogP contribution >= 0.6 is 0 Å². The van der Waals surface area contributed by atoms with Gasteiger partial charge in [-0.3, -0.25) is 4.90 Å². The zero-order chi connectivity index (χ0) is 22.3. The maximum atomic E-state index is 12.6. The molecule has 1 atom stereocenters. The van der Waals surface area contributed by atoms with Crippen LogP contribution in [-0.4, -0.2) is 71.7 Å². The maximum Gasteiger partial charge on any atom is 0.308 e. The predicted molar refractivity (Wildman–Crippen MR) is 115 cm³/mol. The Kier molecular flexibility index (Phi) is 5.39. The average Bonchev–Trinajstić information content (AvgIpc) is 3.26. The maximum absolute atomic E-state index is 12.6. The molecule has 1 unspecified atom stereocenters. The fourth-order valence-corrected chi connectivity index (χ4v) is 4.41. The highest BCUT2D eigenvalue weighted by Gasteiger charge is 2.31. The second kappa shape index (κ2) is 7.89. The number of hydrogen-bond acceptors (Lipinski definition) is 9. The van der Waals surface area contributed by atoms with Gasteiger partial charge in [-0.2, -0.15) is 12.7 Å². The van der Waals surface area contributed by atoms with Crippen LogP contribution in [0.4, 0.5) is 23.0 Å². The zero-order valence-corrected chi connectivity index (χ0v) is 18.4. The Labute approximate surface area is 180 Å². The molecule has 1 aliphatic heterocycles. The largest absolute Gasteiger partial charge is 0.380 e. The smallest absolute Gasteiger partial charge is 0.308 e. The third-order valence-corrected chi connectivity index (χ3v) is 6.78. The van der Waals surface area contributed by atoms with E-state index in [4.69, 9.17) is 4.74 Å². The molecule has 11 nitrogen and oxygen atoms in total. The summed E-state index contributed by atoms with van der Waals surface area (Å²) in [5.74, 6) is 1.28. The Morgan fingerprint density at radius 1 is 1.10 bits per heavy atom. The van der Waals surface area contributed by atoms with Crippen molar-refractivity contribution in [1.29, 1.82) is 0 Å². The lowest BCUT2D eigenvalue weighted by molar-refractivity contribution is 0.204. The molecular weight excluding hydrogens is 422 g/mol. The fraction of sp³-hybridized carbons (Fsp3) is 0.316. The summed E-state index contributed by atoms with van der Waals surface area (Å²) in [5, 5.41) is 11.0. The molecule has 12 heteroatoms. The Balaban J connectivity index is 1.80. The Morgan fingerprint density at radius 2 is 1.81 bits per heavy atom. The van der Waals surface area contributed by atoms with Crippen molar-refractivity contribution in [3.63, 3.8) is 0 Å². The number of hydrogen-bond donors (Lipinski definition) is 1. The molecule has 1 aromatic carbocycles. The van der Waals surface area contributed by atoms with Gasteiger partial charge in [-0.05, 0) is 17.7 Å². The molecule has 0 fully saturated rings. The number of anilines is 4. The molecule has 1 N–H and O–H groups in total. The topological polar surface area (TPSA) is 117 Å². The Bertz CT molecular complexity index is 1210. The predicted octanol–water partition coefficient (Wildman–Crippen LogP) is 1.23. The van der Waals surface area contributed by atoms with E-state index in [0.29, 0.717) is 17.2 Å². The monoisotopic (exact) mass is 445 g/mol. The number of ether oxygens (including phenoxy) is 1. The van der Waals surface area contributed by atoms with Gasteiger partial charge in [0.05, 0.1) is 11.4 Å². The summed E-state index contributed by atoms with van der Waals surface area (Å²) in [6, 6.07) is 5.34. The summed E-state index contributed by atoms with van der Waals surface area (Å²) >= 11 is 0. The number of methoxy groups -OCH3 is 1. The first-order chi connectivity index (χ1) is 14.8. The van der Waals surface area contributed by atoms with Gasteiger partial charge in [0.25, 0.3) is 0 Å². The molecule has 0 bridgehead atoms. The van der Waals surface area contributed by atoms with Crippen molar-refractivity contribution in [2.75, 3.05) is 44.8 Å². The average molecular weight is 446 g/mol. The molecule has 2 aromatic heterocycles. The van der Waals surface area contributed by atoms with E-state index in [1.54, 1.807) is 31.6 Å².